The normalized spacial score (nSPS) is 13.7. The number of phosphoric acid groups is 1. The third-order valence-electron chi connectivity index (χ3n) is 8.64. The maximum Gasteiger partial charge on any atom is 0.472 e. The average molecular weight is 707 g/mol. The summed E-state index contributed by atoms with van der Waals surface area (Å²) < 4.78 is 34.1. The molecule has 0 saturated heterocycles. The van der Waals surface area contributed by atoms with Crippen molar-refractivity contribution in [3.63, 3.8) is 0 Å². The minimum atomic E-state index is -4.35. The summed E-state index contributed by atoms with van der Waals surface area (Å²) in [5.74, 6) is -0.796. The van der Waals surface area contributed by atoms with Gasteiger partial charge in [0.15, 0.2) is 6.10 Å². The van der Waals surface area contributed by atoms with E-state index in [0.29, 0.717) is 23.9 Å². The number of phosphoric ester groups is 1. The zero-order valence-corrected chi connectivity index (χ0v) is 32.9. The minimum Gasteiger partial charge on any atom is -0.462 e. The molecule has 0 aromatic carbocycles. The molecule has 0 radical (unpaired) electrons. The van der Waals surface area contributed by atoms with Crippen molar-refractivity contribution in [3.05, 3.63) is 0 Å². The molecule has 0 amide bonds. The largest absolute Gasteiger partial charge is 0.472 e. The molecule has 0 aromatic rings. The van der Waals surface area contributed by atoms with E-state index in [2.05, 4.69) is 13.8 Å². The lowest BCUT2D eigenvalue weighted by Gasteiger charge is -2.24. The first-order valence-corrected chi connectivity index (χ1v) is 21.3. The Balaban J connectivity index is 4.24. The van der Waals surface area contributed by atoms with E-state index in [1.165, 1.54) is 109 Å². The lowest BCUT2D eigenvalue weighted by molar-refractivity contribution is -0.870. The Labute approximate surface area is 295 Å². The first-order chi connectivity index (χ1) is 23.0. The monoisotopic (exact) mass is 707 g/mol. The van der Waals surface area contributed by atoms with Gasteiger partial charge in [-0.3, -0.25) is 18.6 Å². The van der Waals surface area contributed by atoms with Gasteiger partial charge in [-0.2, -0.15) is 0 Å². The highest BCUT2D eigenvalue weighted by Gasteiger charge is 2.27. The van der Waals surface area contributed by atoms with Gasteiger partial charge in [0.25, 0.3) is 0 Å². The molecule has 0 fully saturated rings. The number of carbonyl (C=O) groups excluding carboxylic acids is 2. The van der Waals surface area contributed by atoms with E-state index >= 15 is 0 Å². The van der Waals surface area contributed by atoms with E-state index in [1.54, 1.807) is 0 Å². The van der Waals surface area contributed by atoms with Crippen LogP contribution in [0.2, 0.25) is 0 Å². The van der Waals surface area contributed by atoms with Gasteiger partial charge in [0, 0.05) is 12.8 Å². The maximum atomic E-state index is 12.5. The molecule has 2 unspecified atom stereocenters. The second kappa shape index (κ2) is 32.0. The number of carbonyl (C=O) groups is 2. The molecule has 48 heavy (non-hydrogen) atoms. The number of hydrogen-bond donors (Lipinski definition) is 1. The minimum absolute atomic E-state index is 0.0360. The van der Waals surface area contributed by atoms with Gasteiger partial charge < -0.3 is 18.9 Å². The van der Waals surface area contributed by atoms with Gasteiger partial charge in [-0.05, 0) is 12.8 Å². The lowest BCUT2D eigenvalue weighted by Crippen LogP contribution is -2.37. The number of rotatable bonds is 36. The SMILES string of the molecule is CCCCCCCCCCCCCCCCCCCC(=O)OCC(COP(=O)(O)OCC[N+](C)(C)C)OC(=O)CCCCCCCCC. The standard InChI is InChI=1S/C38H76NO8P/c1-6-8-10-12-14-15-16-17-18-19-20-21-22-23-25-26-28-30-37(40)44-34-36(35-46-48(42,43)45-33-32-39(3,4)5)47-38(41)31-29-27-24-13-11-9-7-2/h36H,6-35H2,1-5H3/p+1. The molecule has 0 saturated carbocycles. The molecule has 2 atom stereocenters. The van der Waals surface area contributed by atoms with Crippen molar-refractivity contribution in [2.75, 3.05) is 47.5 Å². The van der Waals surface area contributed by atoms with Gasteiger partial charge in [-0.15, -0.1) is 0 Å². The first-order valence-electron chi connectivity index (χ1n) is 19.8. The fourth-order valence-electron chi connectivity index (χ4n) is 5.48. The maximum absolute atomic E-state index is 12.5. The van der Waals surface area contributed by atoms with E-state index in [-0.39, 0.29) is 25.6 Å². The molecular formula is C38H77NO8P+. The quantitative estimate of drug-likeness (QED) is 0.0297. The average Bonchev–Trinajstić information content (AvgIpc) is 3.02. The molecule has 9 nitrogen and oxygen atoms in total. The van der Waals surface area contributed by atoms with Crippen LogP contribution in [-0.2, 0) is 32.7 Å². The van der Waals surface area contributed by atoms with Crippen molar-refractivity contribution in [1.29, 1.82) is 0 Å². The van der Waals surface area contributed by atoms with Crippen molar-refractivity contribution in [2.24, 2.45) is 0 Å². The fraction of sp³-hybridized carbons (Fsp3) is 0.947. The Morgan fingerprint density at radius 3 is 1.33 bits per heavy atom. The Hall–Kier alpha value is -0.990. The Morgan fingerprint density at radius 2 is 0.938 bits per heavy atom. The van der Waals surface area contributed by atoms with Gasteiger partial charge in [0.2, 0.25) is 0 Å². The second-order valence-corrected chi connectivity index (χ2v) is 16.1. The number of hydrogen-bond acceptors (Lipinski definition) is 7. The van der Waals surface area contributed by atoms with Gasteiger partial charge in [-0.25, -0.2) is 4.57 Å². The summed E-state index contributed by atoms with van der Waals surface area (Å²) in [6, 6.07) is 0. The highest BCUT2D eigenvalue weighted by Crippen LogP contribution is 2.43. The molecule has 286 valence electrons. The van der Waals surface area contributed by atoms with Crippen molar-refractivity contribution < 1.29 is 42.1 Å². The molecule has 1 N–H and O–H groups in total. The van der Waals surface area contributed by atoms with Crippen LogP contribution in [-0.4, -0.2) is 74.9 Å². The van der Waals surface area contributed by atoms with Crippen molar-refractivity contribution >= 4 is 19.8 Å². The van der Waals surface area contributed by atoms with Crippen LogP contribution in [0.25, 0.3) is 0 Å². The number of quaternary nitrogens is 1. The topological polar surface area (TPSA) is 108 Å². The van der Waals surface area contributed by atoms with Crippen molar-refractivity contribution in [2.45, 2.75) is 187 Å². The number of likely N-dealkylation sites (N-methyl/N-ethyl adjacent to an activating group) is 1. The van der Waals surface area contributed by atoms with Crippen LogP contribution in [0, 0.1) is 0 Å². The van der Waals surface area contributed by atoms with Crippen LogP contribution in [0.5, 0.6) is 0 Å². The Morgan fingerprint density at radius 1 is 0.562 bits per heavy atom. The number of unbranched alkanes of at least 4 members (excludes halogenated alkanes) is 22. The lowest BCUT2D eigenvalue weighted by atomic mass is 10.0. The summed E-state index contributed by atoms with van der Waals surface area (Å²) in [4.78, 5) is 35.0. The second-order valence-electron chi connectivity index (χ2n) is 14.7. The molecule has 0 heterocycles. The molecule has 0 spiro atoms. The van der Waals surface area contributed by atoms with Crippen LogP contribution < -0.4 is 0 Å². The van der Waals surface area contributed by atoms with Gasteiger partial charge in [-0.1, -0.05) is 155 Å². The Bertz CT molecular complexity index is 804. The molecular weight excluding hydrogens is 629 g/mol. The van der Waals surface area contributed by atoms with E-state index < -0.39 is 26.5 Å². The van der Waals surface area contributed by atoms with Gasteiger partial charge in [0.05, 0.1) is 27.7 Å². The van der Waals surface area contributed by atoms with Crippen molar-refractivity contribution in [3.8, 4) is 0 Å². The highest BCUT2D eigenvalue weighted by molar-refractivity contribution is 7.47. The fourth-order valence-corrected chi connectivity index (χ4v) is 6.23. The number of ether oxygens (including phenoxy) is 2. The predicted molar refractivity (Wildman–Crippen MR) is 197 cm³/mol. The molecule has 0 rings (SSSR count). The van der Waals surface area contributed by atoms with E-state index in [0.717, 1.165) is 38.5 Å². The zero-order chi connectivity index (χ0) is 35.8. The molecule has 0 aliphatic heterocycles. The predicted octanol–water partition coefficient (Wildman–Crippen LogP) is 10.5. The summed E-state index contributed by atoms with van der Waals surface area (Å²) in [6.45, 7) is 4.38. The first kappa shape index (κ1) is 47.0. The van der Waals surface area contributed by atoms with Crippen LogP contribution >= 0.6 is 7.82 Å². The van der Waals surface area contributed by atoms with Crippen LogP contribution in [0.15, 0.2) is 0 Å². The molecule has 0 aliphatic carbocycles. The molecule has 10 heteroatoms. The highest BCUT2D eigenvalue weighted by atomic mass is 31.2. The summed E-state index contributed by atoms with van der Waals surface area (Å²) in [7, 11) is 1.49. The van der Waals surface area contributed by atoms with Crippen LogP contribution in [0.4, 0.5) is 0 Å². The third kappa shape index (κ3) is 34.9. The summed E-state index contributed by atoms with van der Waals surface area (Å²) in [5, 5.41) is 0. The molecule has 0 aromatic heterocycles. The number of esters is 2. The third-order valence-corrected chi connectivity index (χ3v) is 9.62. The van der Waals surface area contributed by atoms with Crippen molar-refractivity contribution in [1.82, 2.24) is 0 Å². The van der Waals surface area contributed by atoms with E-state index in [4.69, 9.17) is 18.5 Å². The van der Waals surface area contributed by atoms with E-state index in [9.17, 15) is 19.0 Å². The summed E-state index contributed by atoms with van der Waals surface area (Å²) in [6.07, 6.45) is 28.8. The van der Waals surface area contributed by atoms with E-state index in [1.807, 2.05) is 21.1 Å². The Kier molecular flexibility index (Phi) is 31.3. The van der Waals surface area contributed by atoms with Gasteiger partial charge >= 0.3 is 19.8 Å². The van der Waals surface area contributed by atoms with Gasteiger partial charge in [0.1, 0.15) is 19.8 Å². The van der Waals surface area contributed by atoms with Crippen LogP contribution in [0.1, 0.15) is 181 Å². The summed E-state index contributed by atoms with van der Waals surface area (Å²) >= 11 is 0. The summed E-state index contributed by atoms with van der Waals surface area (Å²) in [5.41, 5.74) is 0. The van der Waals surface area contributed by atoms with Crippen LogP contribution in [0.3, 0.4) is 0 Å². The molecule has 0 aliphatic rings. The number of nitrogens with zero attached hydrogens (tertiary/aromatic N) is 1. The molecule has 0 bridgehead atoms. The smallest absolute Gasteiger partial charge is 0.462 e. The zero-order valence-electron chi connectivity index (χ0n) is 32.0.